The lowest BCUT2D eigenvalue weighted by atomic mass is 10.2. The monoisotopic (exact) mass is 395 g/mol. The van der Waals surface area contributed by atoms with Gasteiger partial charge in [-0.2, -0.15) is 0 Å². The van der Waals surface area contributed by atoms with Gasteiger partial charge in [-0.25, -0.2) is 9.97 Å². The van der Waals surface area contributed by atoms with Crippen LogP contribution in [0.4, 0.5) is 22.9 Å². The molecule has 3 rings (SSSR count). The Hall–Kier alpha value is -3.45. The van der Waals surface area contributed by atoms with E-state index in [9.17, 15) is 9.59 Å². The van der Waals surface area contributed by atoms with Crippen LogP contribution in [0, 0.1) is 6.92 Å². The van der Waals surface area contributed by atoms with Crippen molar-refractivity contribution in [2.24, 2.45) is 0 Å². The molecule has 2 amide bonds. The van der Waals surface area contributed by atoms with Crippen LogP contribution < -0.4 is 16.0 Å². The van der Waals surface area contributed by atoms with Crippen LogP contribution >= 0.6 is 11.6 Å². The van der Waals surface area contributed by atoms with Gasteiger partial charge in [-0.05, 0) is 42.8 Å². The van der Waals surface area contributed by atoms with Crippen molar-refractivity contribution in [1.29, 1.82) is 0 Å². The molecule has 2 aromatic carbocycles. The van der Waals surface area contributed by atoms with Crippen LogP contribution in [0.1, 0.15) is 23.0 Å². The highest BCUT2D eigenvalue weighted by Gasteiger charge is 2.10. The van der Waals surface area contributed by atoms with Gasteiger partial charge >= 0.3 is 0 Å². The molecular formula is C20H18ClN5O2. The maximum Gasteiger partial charge on any atom is 0.275 e. The first-order chi connectivity index (χ1) is 13.4. The largest absolute Gasteiger partial charge is 0.339 e. The number of amides is 2. The highest BCUT2D eigenvalue weighted by Crippen LogP contribution is 2.21. The Morgan fingerprint density at radius 2 is 1.75 bits per heavy atom. The van der Waals surface area contributed by atoms with Crippen LogP contribution in [0.3, 0.4) is 0 Å². The number of hydrogen-bond donors (Lipinski definition) is 3. The fourth-order valence-electron chi connectivity index (χ4n) is 2.45. The summed E-state index contributed by atoms with van der Waals surface area (Å²) in [4.78, 5) is 31.9. The normalized spacial score (nSPS) is 10.2. The molecule has 8 heteroatoms. The number of rotatable bonds is 5. The maximum atomic E-state index is 12.4. The van der Waals surface area contributed by atoms with Crippen LogP contribution in [-0.4, -0.2) is 21.8 Å². The summed E-state index contributed by atoms with van der Waals surface area (Å²) in [6, 6.07) is 12.4. The fraction of sp³-hybridized carbons (Fsp3) is 0.100. The van der Waals surface area contributed by atoms with Crippen molar-refractivity contribution < 1.29 is 9.59 Å². The third kappa shape index (κ3) is 5.05. The van der Waals surface area contributed by atoms with Crippen molar-refractivity contribution in [2.75, 3.05) is 16.0 Å². The third-order valence-corrected chi connectivity index (χ3v) is 4.02. The van der Waals surface area contributed by atoms with E-state index in [1.807, 2.05) is 19.1 Å². The Bertz CT molecular complexity index is 1020. The molecule has 0 bridgehead atoms. The van der Waals surface area contributed by atoms with Crippen molar-refractivity contribution in [1.82, 2.24) is 9.97 Å². The lowest BCUT2D eigenvalue weighted by Crippen LogP contribution is -2.15. The number of carbonyl (C=O) groups excluding carboxylic acids is 2. The van der Waals surface area contributed by atoms with Gasteiger partial charge in [0.25, 0.3) is 5.91 Å². The van der Waals surface area contributed by atoms with Crippen molar-refractivity contribution in [3.8, 4) is 0 Å². The summed E-state index contributed by atoms with van der Waals surface area (Å²) in [7, 11) is 0. The predicted octanol–water partition coefficient (Wildman–Crippen LogP) is 4.39. The summed E-state index contributed by atoms with van der Waals surface area (Å²) >= 11 is 5.97. The second kappa shape index (κ2) is 8.49. The highest BCUT2D eigenvalue weighted by molar-refractivity contribution is 6.31. The quantitative estimate of drug-likeness (QED) is 0.595. The average molecular weight is 396 g/mol. The van der Waals surface area contributed by atoms with E-state index in [4.69, 9.17) is 11.6 Å². The lowest BCUT2D eigenvalue weighted by Gasteiger charge is -2.10. The van der Waals surface area contributed by atoms with E-state index in [1.54, 1.807) is 30.3 Å². The van der Waals surface area contributed by atoms with E-state index in [2.05, 4.69) is 25.9 Å². The van der Waals surface area contributed by atoms with Gasteiger partial charge in [-0.15, -0.1) is 0 Å². The minimum absolute atomic E-state index is 0.151. The minimum atomic E-state index is -0.378. The number of carbonyl (C=O) groups is 2. The average Bonchev–Trinajstić information content (AvgIpc) is 2.65. The molecule has 0 fully saturated rings. The van der Waals surface area contributed by atoms with Crippen LogP contribution in [0.2, 0.25) is 5.02 Å². The number of hydrogen-bond acceptors (Lipinski definition) is 5. The fourth-order valence-corrected chi connectivity index (χ4v) is 2.62. The summed E-state index contributed by atoms with van der Waals surface area (Å²) in [5.41, 5.74) is 3.09. The summed E-state index contributed by atoms with van der Waals surface area (Å²) in [6.07, 6.45) is 2.85. The molecule has 0 aliphatic carbocycles. The molecule has 0 aliphatic heterocycles. The third-order valence-electron chi connectivity index (χ3n) is 3.79. The smallest absolute Gasteiger partial charge is 0.275 e. The Kier molecular flexibility index (Phi) is 5.86. The molecule has 0 spiro atoms. The van der Waals surface area contributed by atoms with Crippen LogP contribution in [0.5, 0.6) is 0 Å². The summed E-state index contributed by atoms with van der Waals surface area (Å²) in [5, 5.41) is 9.10. The number of aromatic nitrogens is 2. The molecule has 3 N–H and O–H groups in total. The zero-order valence-corrected chi connectivity index (χ0v) is 16.0. The van der Waals surface area contributed by atoms with E-state index >= 15 is 0 Å². The van der Waals surface area contributed by atoms with Crippen molar-refractivity contribution >= 4 is 46.3 Å². The molecule has 0 radical (unpaired) electrons. The first kappa shape index (κ1) is 19.3. The van der Waals surface area contributed by atoms with Gasteiger partial charge < -0.3 is 16.0 Å². The minimum Gasteiger partial charge on any atom is -0.339 e. The highest BCUT2D eigenvalue weighted by atomic mass is 35.5. The Labute approximate surface area is 167 Å². The second-order valence-electron chi connectivity index (χ2n) is 6.09. The van der Waals surface area contributed by atoms with E-state index in [0.29, 0.717) is 22.2 Å². The van der Waals surface area contributed by atoms with E-state index in [-0.39, 0.29) is 17.5 Å². The first-order valence-corrected chi connectivity index (χ1v) is 8.83. The van der Waals surface area contributed by atoms with Gasteiger partial charge in [0, 0.05) is 29.0 Å². The molecule has 0 saturated carbocycles. The molecule has 0 unspecified atom stereocenters. The van der Waals surface area contributed by atoms with Crippen LogP contribution in [-0.2, 0) is 4.79 Å². The number of anilines is 4. The SMILES string of the molecule is CC(=O)Nc1cccc(Nc2cnc(C(=O)Nc3cc(Cl)ccc3C)cn2)c1. The van der Waals surface area contributed by atoms with Crippen LogP contribution in [0.25, 0.3) is 0 Å². The van der Waals surface area contributed by atoms with Gasteiger partial charge in [0.05, 0.1) is 12.4 Å². The van der Waals surface area contributed by atoms with Gasteiger partial charge in [0.15, 0.2) is 0 Å². The Morgan fingerprint density at radius 3 is 2.46 bits per heavy atom. The summed E-state index contributed by atoms with van der Waals surface area (Å²) in [6.45, 7) is 3.32. The molecule has 1 heterocycles. The van der Waals surface area contributed by atoms with Crippen LogP contribution in [0.15, 0.2) is 54.9 Å². The lowest BCUT2D eigenvalue weighted by molar-refractivity contribution is -0.114. The van der Waals surface area contributed by atoms with E-state index in [0.717, 1.165) is 11.3 Å². The molecule has 0 aliphatic rings. The topological polar surface area (TPSA) is 96.0 Å². The van der Waals surface area contributed by atoms with Gasteiger partial charge in [-0.1, -0.05) is 23.7 Å². The predicted molar refractivity (Wildman–Crippen MR) is 110 cm³/mol. The van der Waals surface area contributed by atoms with E-state index in [1.165, 1.54) is 19.3 Å². The first-order valence-electron chi connectivity index (χ1n) is 8.45. The molecule has 7 nitrogen and oxygen atoms in total. The van der Waals surface area contributed by atoms with Crippen molar-refractivity contribution in [2.45, 2.75) is 13.8 Å². The van der Waals surface area contributed by atoms with Gasteiger partial charge in [0.2, 0.25) is 5.91 Å². The Balaban J connectivity index is 1.68. The number of benzene rings is 2. The zero-order chi connectivity index (χ0) is 20.1. The summed E-state index contributed by atoms with van der Waals surface area (Å²) in [5.74, 6) is -0.0604. The molecule has 0 atom stereocenters. The second-order valence-corrected chi connectivity index (χ2v) is 6.52. The van der Waals surface area contributed by atoms with Gasteiger partial charge in [0.1, 0.15) is 11.5 Å². The van der Waals surface area contributed by atoms with Gasteiger partial charge in [-0.3, -0.25) is 9.59 Å². The number of nitrogens with zero attached hydrogens (tertiary/aromatic N) is 2. The molecule has 142 valence electrons. The Morgan fingerprint density at radius 1 is 0.964 bits per heavy atom. The molecule has 1 aromatic heterocycles. The number of nitrogens with one attached hydrogen (secondary N) is 3. The molecule has 3 aromatic rings. The zero-order valence-electron chi connectivity index (χ0n) is 15.3. The summed E-state index contributed by atoms with van der Waals surface area (Å²) < 4.78 is 0. The number of halogens is 1. The van der Waals surface area contributed by atoms with E-state index < -0.39 is 0 Å². The molecule has 28 heavy (non-hydrogen) atoms. The maximum absolute atomic E-state index is 12.4. The standard InChI is InChI=1S/C20H18ClN5O2/c1-12-6-7-14(21)8-17(12)26-20(28)18-10-23-19(11-22-18)25-16-5-3-4-15(9-16)24-13(2)27/h3-11H,1-2H3,(H,23,25)(H,24,27)(H,26,28). The van der Waals surface area contributed by atoms with Crippen molar-refractivity contribution in [3.05, 3.63) is 71.1 Å². The number of aryl methyl sites for hydroxylation is 1. The van der Waals surface area contributed by atoms with Crippen molar-refractivity contribution in [3.63, 3.8) is 0 Å². The molecule has 0 saturated heterocycles. The molecular weight excluding hydrogens is 378 g/mol.